The number of ether oxygens (including phenoxy) is 1. The number of amides is 1. The number of carbonyl (C=O) groups excluding carboxylic acids is 1. The van der Waals surface area contributed by atoms with Gasteiger partial charge in [-0.3, -0.25) is 10.2 Å². The van der Waals surface area contributed by atoms with Gasteiger partial charge in [0.2, 0.25) is 5.17 Å². The largest absolute Gasteiger partial charge is 0.489 e. The number of amidine groups is 2. The molecule has 1 N–H and O–H groups in total. The molecule has 3 aromatic rings. The minimum Gasteiger partial charge on any atom is -0.489 e. The molecule has 0 atom stereocenters. The number of aliphatic imine (C=N–C) groups is 1. The molecule has 6 nitrogen and oxygen atoms in total. The molecule has 7 heteroatoms. The molecule has 0 radical (unpaired) electrons. The molecule has 2 aliphatic rings. The van der Waals surface area contributed by atoms with Crippen LogP contribution in [0.15, 0.2) is 82.4 Å². The maximum Gasteiger partial charge on any atom is 0.283 e. The fourth-order valence-electron chi connectivity index (χ4n) is 3.90. The van der Waals surface area contributed by atoms with Crippen molar-refractivity contribution >= 4 is 50.6 Å². The highest BCUT2D eigenvalue weighted by molar-refractivity contribution is 8.26. The highest BCUT2D eigenvalue weighted by Crippen LogP contribution is 2.31. The Labute approximate surface area is 202 Å². The fraction of sp³-hybridized carbons (Fsp3) is 0.185. The smallest absolute Gasteiger partial charge is 0.283 e. The maximum absolute atomic E-state index is 12.7. The van der Waals surface area contributed by atoms with Gasteiger partial charge in [0.1, 0.15) is 17.4 Å². The first-order valence-electron chi connectivity index (χ1n) is 11.2. The Bertz CT molecular complexity index is 1380. The molecule has 1 amide bonds. The lowest BCUT2D eigenvalue weighted by molar-refractivity contribution is -0.114. The summed E-state index contributed by atoms with van der Waals surface area (Å²) >= 11 is 1.36. The van der Waals surface area contributed by atoms with Crippen LogP contribution in [0.3, 0.4) is 0 Å². The monoisotopic (exact) mass is 468 g/mol. The first-order chi connectivity index (χ1) is 16.5. The number of nitrogens with one attached hydrogen (secondary N) is 1. The number of hydrogen-bond acceptors (Lipinski definition) is 5. The van der Waals surface area contributed by atoms with Crippen LogP contribution >= 0.6 is 11.8 Å². The lowest BCUT2D eigenvalue weighted by Gasteiger charge is -2.20. The average Bonchev–Trinajstić information content (AvgIpc) is 3.22. The second kappa shape index (κ2) is 9.27. The summed E-state index contributed by atoms with van der Waals surface area (Å²) in [5, 5.41) is 18.2. The zero-order chi connectivity index (χ0) is 23.7. The third kappa shape index (κ3) is 4.52. The highest BCUT2D eigenvalue weighted by Gasteiger charge is 2.35. The van der Waals surface area contributed by atoms with Gasteiger partial charge >= 0.3 is 0 Å². The molecular formula is C27H24N4O2S. The first-order valence-corrected chi connectivity index (χ1v) is 12.0. The Morgan fingerprint density at radius 2 is 1.88 bits per heavy atom. The van der Waals surface area contributed by atoms with E-state index in [9.17, 15) is 4.79 Å². The zero-order valence-corrected chi connectivity index (χ0v) is 19.8. The van der Waals surface area contributed by atoms with Crippen molar-refractivity contribution in [2.24, 2.45) is 16.0 Å². The van der Waals surface area contributed by atoms with Crippen LogP contribution in [0.2, 0.25) is 0 Å². The zero-order valence-electron chi connectivity index (χ0n) is 19.0. The van der Waals surface area contributed by atoms with Gasteiger partial charge in [0.25, 0.3) is 5.91 Å². The standard InChI is InChI=1S/C27H24N4O2S/c1-17(2)13-24-30-31-25(28)23(26(32)29-27(31)34-24)15-18-7-5-11-21(14-18)33-16-20-10-6-9-19-8-3-4-12-22(19)20/h3-12,14-15,17,28H,13,16H2,1-2H3/b23-15-,28-25?. The molecule has 170 valence electrons. The summed E-state index contributed by atoms with van der Waals surface area (Å²) in [4.78, 5) is 16.9. The number of benzene rings is 3. The van der Waals surface area contributed by atoms with Gasteiger partial charge in [0.05, 0.1) is 5.57 Å². The predicted molar refractivity (Wildman–Crippen MR) is 139 cm³/mol. The van der Waals surface area contributed by atoms with Crippen molar-refractivity contribution in [2.75, 3.05) is 0 Å². The number of rotatable bonds is 6. The molecule has 34 heavy (non-hydrogen) atoms. The van der Waals surface area contributed by atoms with E-state index in [0.717, 1.165) is 22.6 Å². The van der Waals surface area contributed by atoms with E-state index in [1.165, 1.54) is 27.5 Å². The molecule has 5 rings (SSSR count). The Morgan fingerprint density at radius 3 is 2.74 bits per heavy atom. The number of nitrogens with zero attached hydrogens (tertiary/aromatic N) is 3. The van der Waals surface area contributed by atoms with E-state index in [1.54, 1.807) is 6.08 Å². The van der Waals surface area contributed by atoms with Gasteiger partial charge in [0.15, 0.2) is 5.84 Å². The van der Waals surface area contributed by atoms with Crippen molar-refractivity contribution in [3.63, 3.8) is 0 Å². The Morgan fingerprint density at radius 1 is 1.09 bits per heavy atom. The minimum absolute atomic E-state index is 0.0448. The van der Waals surface area contributed by atoms with E-state index in [4.69, 9.17) is 10.1 Å². The van der Waals surface area contributed by atoms with Crippen LogP contribution in [0.5, 0.6) is 5.75 Å². The Kier molecular flexibility index (Phi) is 6.02. The van der Waals surface area contributed by atoms with Crippen molar-refractivity contribution in [1.29, 1.82) is 5.41 Å². The lowest BCUT2D eigenvalue weighted by atomic mass is 10.1. The van der Waals surface area contributed by atoms with Crippen molar-refractivity contribution in [1.82, 2.24) is 5.01 Å². The van der Waals surface area contributed by atoms with Crippen LogP contribution in [0.1, 0.15) is 31.4 Å². The Balaban J connectivity index is 1.35. The highest BCUT2D eigenvalue weighted by atomic mass is 32.2. The predicted octanol–water partition coefficient (Wildman–Crippen LogP) is 6.08. The van der Waals surface area contributed by atoms with E-state index >= 15 is 0 Å². The number of thioether (sulfide) groups is 1. The summed E-state index contributed by atoms with van der Waals surface area (Å²) in [6.07, 6.45) is 2.47. The number of hydrogen-bond donors (Lipinski definition) is 1. The SMILES string of the molecule is CC(C)CC1=NN2C(=N)/C(=C/c3cccc(OCc4cccc5ccccc45)c3)C(=O)N=C2S1. The first kappa shape index (κ1) is 22.1. The fourth-order valence-corrected chi connectivity index (χ4v) is 5.00. The topological polar surface area (TPSA) is 78.1 Å². The van der Waals surface area contributed by atoms with Gasteiger partial charge in [-0.25, -0.2) is 0 Å². The molecule has 0 aromatic heterocycles. The van der Waals surface area contributed by atoms with Crippen LogP contribution < -0.4 is 4.74 Å². The number of hydrazone groups is 1. The van der Waals surface area contributed by atoms with Crippen molar-refractivity contribution in [3.05, 3.63) is 83.4 Å². The molecule has 0 saturated heterocycles. The van der Waals surface area contributed by atoms with Crippen LogP contribution in [0, 0.1) is 11.3 Å². The van der Waals surface area contributed by atoms with Gasteiger partial charge in [-0.05, 0) is 57.8 Å². The maximum atomic E-state index is 12.7. The van der Waals surface area contributed by atoms with Gasteiger partial charge in [-0.2, -0.15) is 15.1 Å². The van der Waals surface area contributed by atoms with Crippen LogP contribution in [0.4, 0.5) is 0 Å². The molecule has 0 fully saturated rings. The summed E-state index contributed by atoms with van der Waals surface area (Å²) in [6.45, 7) is 4.65. The van der Waals surface area contributed by atoms with Gasteiger partial charge in [-0.1, -0.05) is 68.4 Å². The van der Waals surface area contributed by atoms with Crippen molar-refractivity contribution < 1.29 is 9.53 Å². The second-order valence-corrected chi connectivity index (χ2v) is 9.65. The lowest BCUT2D eigenvalue weighted by Crippen LogP contribution is -2.35. The summed E-state index contributed by atoms with van der Waals surface area (Å²) < 4.78 is 6.07. The molecule has 0 bridgehead atoms. The molecule has 0 aliphatic carbocycles. The van der Waals surface area contributed by atoms with Crippen molar-refractivity contribution in [3.8, 4) is 5.75 Å². The van der Waals surface area contributed by atoms with Crippen molar-refractivity contribution in [2.45, 2.75) is 26.9 Å². The quantitative estimate of drug-likeness (QED) is 0.445. The number of carbonyl (C=O) groups is 1. The molecule has 0 saturated carbocycles. The molecule has 3 aromatic carbocycles. The summed E-state index contributed by atoms with van der Waals surface area (Å²) in [5.41, 5.74) is 2.08. The normalized spacial score (nSPS) is 16.8. The van der Waals surface area contributed by atoms with E-state index in [2.05, 4.69) is 48.2 Å². The third-order valence-corrected chi connectivity index (χ3v) is 6.45. The Hall–Kier alpha value is -3.71. The van der Waals surface area contributed by atoms with Crippen LogP contribution in [0.25, 0.3) is 16.8 Å². The summed E-state index contributed by atoms with van der Waals surface area (Å²) in [6, 6.07) is 21.9. The average molecular weight is 469 g/mol. The molecule has 0 spiro atoms. The van der Waals surface area contributed by atoms with Gasteiger partial charge < -0.3 is 4.74 Å². The molecule has 2 heterocycles. The summed E-state index contributed by atoms with van der Waals surface area (Å²) in [5.74, 6) is 0.745. The van der Waals surface area contributed by atoms with Crippen LogP contribution in [-0.4, -0.2) is 27.0 Å². The molecule has 2 aliphatic heterocycles. The van der Waals surface area contributed by atoms with Gasteiger partial charge in [0, 0.05) is 6.42 Å². The van der Waals surface area contributed by atoms with E-state index in [0.29, 0.717) is 23.4 Å². The van der Waals surface area contributed by atoms with E-state index < -0.39 is 5.91 Å². The van der Waals surface area contributed by atoms with Crippen LogP contribution in [-0.2, 0) is 11.4 Å². The summed E-state index contributed by atoms with van der Waals surface area (Å²) in [7, 11) is 0. The van der Waals surface area contributed by atoms with E-state index in [-0.39, 0.29) is 11.4 Å². The second-order valence-electron chi connectivity index (χ2n) is 8.61. The van der Waals surface area contributed by atoms with E-state index in [1.807, 2.05) is 42.5 Å². The van der Waals surface area contributed by atoms with Gasteiger partial charge in [-0.15, -0.1) is 0 Å². The molecular weight excluding hydrogens is 444 g/mol. The number of fused-ring (bicyclic) bond motifs is 2. The molecule has 0 unspecified atom stereocenters. The minimum atomic E-state index is -0.424. The third-order valence-electron chi connectivity index (χ3n) is 5.52.